The number of methoxy groups -OCH3 is 2. The van der Waals surface area contributed by atoms with E-state index in [1.165, 1.54) is 4.90 Å². The molecule has 1 aliphatic heterocycles. The first-order valence-electron chi connectivity index (χ1n) is 9.70. The molecule has 7 heteroatoms. The number of benzene rings is 2. The largest absolute Gasteiger partial charge is 0.383 e. The number of amides is 2. The van der Waals surface area contributed by atoms with E-state index >= 15 is 0 Å². The van der Waals surface area contributed by atoms with Crippen molar-refractivity contribution in [3.05, 3.63) is 76.4 Å². The van der Waals surface area contributed by atoms with Crippen molar-refractivity contribution in [3.8, 4) is 0 Å². The van der Waals surface area contributed by atoms with Gasteiger partial charge < -0.3 is 14.4 Å². The second kappa shape index (κ2) is 10.4. The molecule has 1 aliphatic rings. The van der Waals surface area contributed by atoms with Crippen LogP contribution in [0.1, 0.15) is 11.1 Å². The molecule has 0 radical (unpaired) electrons. The fourth-order valence-electron chi connectivity index (χ4n) is 3.38. The van der Waals surface area contributed by atoms with Crippen molar-refractivity contribution in [2.75, 3.05) is 40.5 Å². The quantitative estimate of drug-likeness (QED) is 0.544. The van der Waals surface area contributed by atoms with Gasteiger partial charge in [0.25, 0.3) is 11.8 Å². The van der Waals surface area contributed by atoms with Gasteiger partial charge in [-0.25, -0.2) is 0 Å². The van der Waals surface area contributed by atoms with Gasteiger partial charge in [-0.3, -0.25) is 14.5 Å². The van der Waals surface area contributed by atoms with Crippen LogP contribution in [0.4, 0.5) is 0 Å². The van der Waals surface area contributed by atoms with Gasteiger partial charge in [-0.1, -0.05) is 54.1 Å². The summed E-state index contributed by atoms with van der Waals surface area (Å²) in [4.78, 5) is 30.0. The van der Waals surface area contributed by atoms with E-state index in [1.54, 1.807) is 38.5 Å². The van der Waals surface area contributed by atoms with Crippen LogP contribution in [0.2, 0.25) is 5.02 Å². The average Bonchev–Trinajstić information content (AvgIpc) is 3.00. The third-order valence-corrected chi connectivity index (χ3v) is 5.16. The summed E-state index contributed by atoms with van der Waals surface area (Å²) in [7, 11) is 3.21. The zero-order valence-corrected chi connectivity index (χ0v) is 17.9. The molecule has 0 saturated carbocycles. The number of ether oxygens (including phenoxy) is 2. The van der Waals surface area contributed by atoms with Crippen LogP contribution in [0.15, 0.2) is 60.3 Å². The van der Waals surface area contributed by atoms with Crippen molar-refractivity contribution in [2.45, 2.75) is 6.54 Å². The van der Waals surface area contributed by atoms with Crippen molar-refractivity contribution in [1.82, 2.24) is 9.80 Å². The van der Waals surface area contributed by atoms with Crippen LogP contribution in [0, 0.1) is 0 Å². The van der Waals surface area contributed by atoms with E-state index in [0.29, 0.717) is 48.2 Å². The summed E-state index contributed by atoms with van der Waals surface area (Å²) in [5.74, 6) is -0.637. The zero-order valence-electron chi connectivity index (χ0n) is 17.1. The summed E-state index contributed by atoms with van der Waals surface area (Å²) in [6.45, 7) is 1.97. The molecule has 0 unspecified atom stereocenters. The Bertz CT molecular complexity index is 905. The average molecular weight is 429 g/mol. The maximum Gasteiger partial charge on any atom is 0.278 e. The molecule has 0 spiro atoms. The van der Waals surface area contributed by atoms with E-state index in [-0.39, 0.29) is 18.4 Å². The molecule has 0 fully saturated rings. The third kappa shape index (κ3) is 4.90. The predicted octanol–water partition coefficient (Wildman–Crippen LogP) is 3.21. The van der Waals surface area contributed by atoms with E-state index < -0.39 is 0 Å². The Morgan fingerprint density at radius 2 is 1.47 bits per heavy atom. The van der Waals surface area contributed by atoms with E-state index in [4.69, 9.17) is 21.1 Å². The van der Waals surface area contributed by atoms with Crippen molar-refractivity contribution in [3.63, 3.8) is 0 Å². The van der Waals surface area contributed by atoms with Crippen LogP contribution in [0.25, 0.3) is 5.57 Å². The van der Waals surface area contributed by atoms with Gasteiger partial charge in [-0.05, 0) is 23.3 Å². The third-order valence-electron chi connectivity index (χ3n) is 4.91. The van der Waals surface area contributed by atoms with Crippen LogP contribution >= 0.6 is 11.6 Å². The molecule has 2 amide bonds. The lowest BCUT2D eigenvalue weighted by Gasteiger charge is -2.25. The lowest BCUT2D eigenvalue weighted by Crippen LogP contribution is -2.37. The molecule has 6 nitrogen and oxygen atoms in total. The summed E-state index contributed by atoms with van der Waals surface area (Å²) in [6.07, 6.45) is 0. The van der Waals surface area contributed by atoms with Gasteiger partial charge in [0.05, 0.1) is 25.3 Å². The first-order valence-corrected chi connectivity index (χ1v) is 10.1. The fourth-order valence-corrected chi connectivity index (χ4v) is 3.51. The van der Waals surface area contributed by atoms with Crippen molar-refractivity contribution >= 4 is 29.0 Å². The van der Waals surface area contributed by atoms with Crippen LogP contribution in [0.3, 0.4) is 0 Å². The lowest BCUT2D eigenvalue weighted by atomic mass is 10.0. The Morgan fingerprint density at radius 1 is 0.867 bits per heavy atom. The molecule has 0 saturated heterocycles. The molecule has 3 rings (SSSR count). The number of carbonyl (C=O) groups is 2. The van der Waals surface area contributed by atoms with E-state index in [0.717, 1.165) is 5.56 Å². The predicted molar refractivity (Wildman–Crippen MR) is 116 cm³/mol. The molecule has 30 heavy (non-hydrogen) atoms. The standard InChI is InChI=1S/C23H25ClN2O4/c1-29-14-12-25(13-15-30-2)21-20(18-8-10-19(24)11-9-18)22(27)26(23(21)28)16-17-6-4-3-5-7-17/h3-11H,12-16H2,1-2H3. The number of imide groups is 1. The summed E-state index contributed by atoms with van der Waals surface area (Å²) < 4.78 is 10.4. The monoisotopic (exact) mass is 428 g/mol. The minimum atomic E-state index is -0.319. The molecule has 2 aromatic rings. The number of hydrogen-bond donors (Lipinski definition) is 0. The number of carbonyl (C=O) groups excluding carboxylic acids is 2. The van der Waals surface area contributed by atoms with Crippen LogP contribution in [0.5, 0.6) is 0 Å². The van der Waals surface area contributed by atoms with Crippen LogP contribution in [-0.4, -0.2) is 62.1 Å². The highest BCUT2D eigenvalue weighted by atomic mass is 35.5. The van der Waals surface area contributed by atoms with Gasteiger partial charge in [-0.15, -0.1) is 0 Å². The Labute approximate surface area is 181 Å². The molecule has 0 atom stereocenters. The molecule has 0 N–H and O–H groups in total. The molecular formula is C23H25ClN2O4. The zero-order chi connectivity index (χ0) is 21.5. The van der Waals surface area contributed by atoms with Gasteiger partial charge in [0, 0.05) is 32.3 Å². The minimum absolute atomic E-state index is 0.210. The van der Waals surface area contributed by atoms with Gasteiger partial charge in [0.2, 0.25) is 0 Å². The minimum Gasteiger partial charge on any atom is -0.383 e. The van der Waals surface area contributed by atoms with E-state index in [2.05, 4.69) is 0 Å². The highest BCUT2D eigenvalue weighted by Gasteiger charge is 2.41. The SMILES string of the molecule is COCCN(CCOC)C1=C(c2ccc(Cl)cc2)C(=O)N(Cc2ccccc2)C1=O. The maximum atomic E-state index is 13.4. The maximum absolute atomic E-state index is 13.4. The van der Waals surface area contributed by atoms with Crippen LogP contribution < -0.4 is 0 Å². The van der Waals surface area contributed by atoms with Crippen molar-refractivity contribution in [1.29, 1.82) is 0 Å². The molecule has 2 aromatic carbocycles. The molecule has 158 valence electrons. The van der Waals surface area contributed by atoms with Crippen molar-refractivity contribution < 1.29 is 19.1 Å². The molecule has 0 bridgehead atoms. The van der Waals surface area contributed by atoms with E-state index in [9.17, 15) is 9.59 Å². The summed E-state index contributed by atoms with van der Waals surface area (Å²) in [6, 6.07) is 16.4. The van der Waals surface area contributed by atoms with Gasteiger partial charge in [0.1, 0.15) is 5.70 Å². The van der Waals surface area contributed by atoms with Gasteiger partial charge >= 0.3 is 0 Å². The Morgan fingerprint density at radius 3 is 2.03 bits per heavy atom. The van der Waals surface area contributed by atoms with Gasteiger partial charge in [0.15, 0.2) is 0 Å². The number of halogens is 1. The van der Waals surface area contributed by atoms with Gasteiger partial charge in [-0.2, -0.15) is 0 Å². The summed E-state index contributed by atoms with van der Waals surface area (Å²) >= 11 is 6.03. The second-order valence-corrected chi connectivity index (χ2v) is 7.32. The Hall–Kier alpha value is -2.67. The first-order chi connectivity index (χ1) is 14.6. The lowest BCUT2D eigenvalue weighted by molar-refractivity contribution is -0.138. The molecular weight excluding hydrogens is 404 g/mol. The van der Waals surface area contributed by atoms with E-state index in [1.807, 2.05) is 35.2 Å². The Kier molecular flexibility index (Phi) is 7.63. The van der Waals surface area contributed by atoms with Crippen LogP contribution in [-0.2, 0) is 25.6 Å². The molecule has 0 aromatic heterocycles. The number of hydrogen-bond acceptors (Lipinski definition) is 5. The molecule has 1 heterocycles. The van der Waals surface area contributed by atoms with Crippen molar-refractivity contribution in [2.24, 2.45) is 0 Å². The number of nitrogens with zero attached hydrogens (tertiary/aromatic N) is 2. The number of rotatable bonds is 10. The fraction of sp³-hybridized carbons (Fsp3) is 0.304. The second-order valence-electron chi connectivity index (χ2n) is 6.89. The highest BCUT2D eigenvalue weighted by molar-refractivity contribution is 6.35. The molecule has 0 aliphatic carbocycles. The summed E-state index contributed by atoms with van der Waals surface area (Å²) in [5, 5.41) is 0.564. The topological polar surface area (TPSA) is 59.1 Å². The summed E-state index contributed by atoms with van der Waals surface area (Å²) in [5.41, 5.74) is 2.28. The highest BCUT2D eigenvalue weighted by Crippen LogP contribution is 2.33. The smallest absolute Gasteiger partial charge is 0.278 e. The first kappa shape index (κ1) is 22.0. The normalized spacial score (nSPS) is 14.0. The Balaban J connectivity index is 2.03.